The minimum absolute atomic E-state index is 0. The molecular weight excluding hydrogens is 429 g/mol. The van der Waals surface area contributed by atoms with Crippen LogP contribution in [-0.2, 0) is 0 Å². The number of thiophene rings is 1. The lowest BCUT2D eigenvalue weighted by atomic mass is 9.99. The Morgan fingerprint density at radius 2 is 2.08 bits per heavy atom. The fourth-order valence-corrected chi connectivity index (χ4v) is 3.99. The van der Waals surface area contributed by atoms with Gasteiger partial charge in [-0.05, 0) is 23.4 Å². The average molecular weight is 455 g/mol. The molecule has 5 heteroatoms. The molecule has 0 saturated carbocycles. The molecule has 3 nitrogen and oxygen atoms in total. The quantitative estimate of drug-likeness (QED) is 0.417. The highest BCUT2D eigenvalue weighted by Gasteiger charge is 2.26. The van der Waals surface area contributed by atoms with Crippen LogP contribution in [0.5, 0.6) is 0 Å². The molecule has 130 valence electrons. The number of guanidine groups is 1. The van der Waals surface area contributed by atoms with Gasteiger partial charge in [0.25, 0.3) is 0 Å². The molecule has 1 aromatic heterocycles. The van der Waals surface area contributed by atoms with Gasteiger partial charge in [0, 0.05) is 43.4 Å². The van der Waals surface area contributed by atoms with Crippen molar-refractivity contribution in [3.8, 4) is 0 Å². The predicted molar refractivity (Wildman–Crippen MR) is 115 cm³/mol. The lowest BCUT2D eigenvalue weighted by Gasteiger charge is -2.23. The number of hydrogen-bond donors (Lipinski definition) is 1. The van der Waals surface area contributed by atoms with Gasteiger partial charge in [0.15, 0.2) is 5.96 Å². The Kier molecular flexibility index (Phi) is 7.55. The number of nitrogens with zero attached hydrogens (tertiary/aromatic N) is 2. The first-order chi connectivity index (χ1) is 11.3. The van der Waals surface area contributed by atoms with Gasteiger partial charge in [0.2, 0.25) is 0 Å². The van der Waals surface area contributed by atoms with E-state index in [4.69, 9.17) is 0 Å². The summed E-state index contributed by atoms with van der Waals surface area (Å²) < 4.78 is 0. The number of benzene rings is 1. The van der Waals surface area contributed by atoms with Crippen molar-refractivity contribution >= 4 is 41.3 Å². The standard InChI is InChI=1S/C19H25N3S.HI/c1-15(18-9-6-12-23-18)13-21-19(20-2)22-11-10-17(14-22)16-7-4-3-5-8-16;/h3-9,12,15,17H,10-11,13-14H2,1-2H3,(H,20,21);1H. The summed E-state index contributed by atoms with van der Waals surface area (Å²) in [5.41, 5.74) is 1.44. The predicted octanol–water partition coefficient (Wildman–Crippen LogP) is 4.53. The van der Waals surface area contributed by atoms with Gasteiger partial charge in [-0.2, -0.15) is 0 Å². The zero-order valence-electron chi connectivity index (χ0n) is 14.3. The summed E-state index contributed by atoms with van der Waals surface area (Å²) in [4.78, 5) is 8.30. The van der Waals surface area contributed by atoms with E-state index in [1.165, 1.54) is 16.9 Å². The number of nitrogens with one attached hydrogen (secondary N) is 1. The normalized spacial score (nSPS) is 19.0. The van der Waals surface area contributed by atoms with Crippen LogP contribution in [-0.4, -0.2) is 37.5 Å². The molecule has 2 heterocycles. The second-order valence-corrected chi connectivity index (χ2v) is 7.17. The second kappa shape index (κ2) is 9.42. The summed E-state index contributed by atoms with van der Waals surface area (Å²) in [6.07, 6.45) is 1.20. The van der Waals surface area contributed by atoms with Crippen molar-refractivity contribution in [2.75, 3.05) is 26.7 Å². The molecule has 3 rings (SSSR count). The fraction of sp³-hybridized carbons (Fsp3) is 0.421. The van der Waals surface area contributed by atoms with Crippen molar-refractivity contribution in [2.45, 2.75) is 25.2 Å². The van der Waals surface area contributed by atoms with Crippen molar-refractivity contribution < 1.29 is 0 Å². The van der Waals surface area contributed by atoms with Crippen LogP contribution >= 0.6 is 35.3 Å². The number of halogens is 1. The lowest BCUT2D eigenvalue weighted by molar-refractivity contribution is 0.483. The van der Waals surface area contributed by atoms with Crippen LogP contribution in [0.3, 0.4) is 0 Å². The van der Waals surface area contributed by atoms with Crippen molar-refractivity contribution in [2.24, 2.45) is 4.99 Å². The van der Waals surface area contributed by atoms with E-state index in [0.29, 0.717) is 11.8 Å². The summed E-state index contributed by atoms with van der Waals surface area (Å²) in [5, 5.41) is 5.70. The van der Waals surface area contributed by atoms with Gasteiger partial charge in [0.1, 0.15) is 0 Å². The summed E-state index contributed by atoms with van der Waals surface area (Å²) in [7, 11) is 1.88. The van der Waals surface area contributed by atoms with Crippen LogP contribution < -0.4 is 5.32 Å². The van der Waals surface area contributed by atoms with E-state index in [-0.39, 0.29) is 24.0 Å². The highest BCUT2D eigenvalue weighted by Crippen LogP contribution is 2.27. The lowest BCUT2D eigenvalue weighted by Crippen LogP contribution is -2.41. The zero-order chi connectivity index (χ0) is 16.1. The smallest absolute Gasteiger partial charge is 0.193 e. The van der Waals surface area contributed by atoms with Crippen molar-refractivity contribution in [3.05, 3.63) is 58.3 Å². The Hall–Kier alpha value is -1.08. The molecule has 2 atom stereocenters. The van der Waals surface area contributed by atoms with E-state index >= 15 is 0 Å². The van der Waals surface area contributed by atoms with Gasteiger partial charge in [-0.25, -0.2) is 0 Å². The van der Waals surface area contributed by atoms with Crippen LogP contribution in [0.25, 0.3) is 0 Å². The van der Waals surface area contributed by atoms with E-state index < -0.39 is 0 Å². The second-order valence-electron chi connectivity index (χ2n) is 6.19. The molecule has 1 fully saturated rings. The highest BCUT2D eigenvalue weighted by molar-refractivity contribution is 14.0. The molecule has 0 spiro atoms. The first-order valence-corrected chi connectivity index (χ1v) is 9.20. The summed E-state index contributed by atoms with van der Waals surface area (Å²) in [6.45, 7) is 5.33. The maximum Gasteiger partial charge on any atom is 0.193 e. The first-order valence-electron chi connectivity index (χ1n) is 8.32. The van der Waals surface area contributed by atoms with Gasteiger partial charge < -0.3 is 10.2 Å². The van der Waals surface area contributed by atoms with Gasteiger partial charge in [-0.1, -0.05) is 43.3 Å². The van der Waals surface area contributed by atoms with Crippen LogP contribution in [0.1, 0.15) is 35.6 Å². The molecule has 0 aliphatic carbocycles. The minimum Gasteiger partial charge on any atom is -0.356 e. The topological polar surface area (TPSA) is 27.6 Å². The molecule has 1 aromatic carbocycles. The molecule has 0 bridgehead atoms. The summed E-state index contributed by atoms with van der Waals surface area (Å²) >= 11 is 1.83. The average Bonchev–Trinajstić information content (AvgIpc) is 3.28. The monoisotopic (exact) mass is 455 g/mol. The highest BCUT2D eigenvalue weighted by atomic mass is 127. The zero-order valence-corrected chi connectivity index (χ0v) is 17.5. The molecule has 2 unspecified atom stereocenters. The van der Waals surface area contributed by atoms with E-state index in [0.717, 1.165) is 25.6 Å². The number of aliphatic imine (C=N–C) groups is 1. The van der Waals surface area contributed by atoms with Crippen molar-refractivity contribution in [1.29, 1.82) is 0 Å². The number of likely N-dealkylation sites (tertiary alicyclic amines) is 1. The van der Waals surface area contributed by atoms with Crippen LogP contribution in [0, 0.1) is 0 Å². The molecule has 1 saturated heterocycles. The van der Waals surface area contributed by atoms with Gasteiger partial charge >= 0.3 is 0 Å². The van der Waals surface area contributed by atoms with Gasteiger partial charge in [-0.15, -0.1) is 35.3 Å². The molecule has 0 amide bonds. The van der Waals surface area contributed by atoms with E-state index in [9.17, 15) is 0 Å². The summed E-state index contributed by atoms with van der Waals surface area (Å²) in [5.74, 6) is 2.16. The van der Waals surface area contributed by atoms with Crippen LogP contribution in [0.2, 0.25) is 0 Å². The third kappa shape index (κ3) is 4.72. The van der Waals surface area contributed by atoms with Crippen molar-refractivity contribution in [3.63, 3.8) is 0 Å². The molecule has 0 radical (unpaired) electrons. The van der Waals surface area contributed by atoms with E-state index in [1.54, 1.807) is 0 Å². The Bertz CT molecular complexity index is 627. The first kappa shape index (κ1) is 19.2. The number of rotatable bonds is 4. The van der Waals surface area contributed by atoms with Gasteiger partial charge in [0.05, 0.1) is 0 Å². The number of hydrogen-bond acceptors (Lipinski definition) is 2. The molecule has 1 aliphatic heterocycles. The molecule has 24 heavy (non-hydrogen) atoms. The Labute approximate surface area is 166 Å². The van der Waals surface area contributed by atoms with Gasteiger partial charge in [-0.3, -0.25) is 4.99 Å². The fourth-order valence-electron chi connectivity index (χ4n) is 3.20. The van der Waals surface area contributed by atoms with Crippen LogP contribution in [0.4, 0.5) is 0 Å². The molecular formula is C19H26IN3S. The summed E-state index contributed by atoms with van der Waals surface area (Å²) in [6, 6.07) is 15.2. The maximum absolute atomic E-state index is 4.49. The molecule has 1 N–H and O–H groups in total. The van der Waals surface area contributed by atoms with Crippen molar-refractivity contribution in [1.82, 2.24) is 10.2 Å². The Morgan fingerprint density at radius 1 is 1.29 bits per heavy atom. The molecule has 1 aliphatic rings. The third-order valence-corrected chi connectivity index (χ3v) is 5.67. The molecule has 2 aromatic rings. The Morgan fingerprint density at radius 3 is 2.75 bits per heavy atom. The van der Waals surface area contributed by atoms with Crippen LogP contribution in [0.15, 0.2) is 52.8 Å². The maximum atomic E-state index is 4.49. The largest absolute Gasteiger partial charge is 0.356 e. The third-order valence-electron chi connectivity index (χ3n) is 4.57. The SMILES string of the molecule is CN=C(NCC(C)c1cccs1)N1CCC(c2ccccc2)C1.I. The van der Waals surface area contributed by atoms with E-state index in [1.807, 2.05) is 18.4 Å². The minimum atomic E-state index is 0. The Balaban J connectivity index is 0.00000208. The van der Waals surface area contributed by atoms with E-state index in [2.05, 4.69) is 70.0 Å².